The Labute approximate surface area is 113 Å². The van der Waals surface area contributed by atoms with Gasteiger partial charge in [-0.3, -0.25) is 0 Å². The molecule has 2 aromatic carbocycles. The molecule has 19 heavy (non-hydrogen) atoms. The minimum atomic E-state index is 0.612. The number of benzene rings is 2. The van der Waals surface area contributed by atoms with Gasteiger partial charge >= 0.3 is 0 Å². The first-order valence-electron chi connectivity index (χ1n) is 6.35. The lowest BCUT2D eigenvalue weighted by Gasteiger charge is -2.12. The number of nitrogens with zero attached hydrogens (tertiary/aromatic N) is 1. The third-order valence-corrected chi connectivity index (χ3v) is 3.15. The van der Waals surface area contributed by atoms with Crippen molar-refractivity contribution in [2.75, 3.05) is 11.1 Å². The molecule has 0 bridgehead atoms. The summed E-state index contributed by atoms with van der Waals surface area (Å²) in [6.07, 6.45) is 1.01. The Hall–Kier alpha value is -2.47. The van der Waals surface area contributed by atoms with E-state index in [1.165, 1.54) is 11.1 Å². The summed E-state index contributed by atoms with van der Waals surface area (Å²) in [6, 6.07) is 15.7. The second-order valence-corrected chi connectivity index (χ2v) is 4.39. The fraction of sp³-hybridized carbons (Fsp3) is 0.188. The molecule has 0 radical (unpaired) electrons. The van der Waals surface area contributed by atoms with E-state index in [4.69, 9.17) is 11.0 Å². The summed E-state index contributed by atoms with van der Waals surface area (Å²) in [7, 11) is 0. The third kappa shape index (κ3) is 3.05. The van der Waals surface area contributed by atoms with Crippen LogP contribution in [0.1, 0.15) is 23.6 Å². The zero-order valence-corrected chi connectivity index (χ0v) is 11.0. The van der Waals surface area contributed by atoms with Gasteiger partial charge in [-0.25, -0.2) is 0 Å². The lowest BCUT2D eigenvalue weighted by atomic mass is 10.1. The molecule has 2 rings (SSSR count). The number of rotatable bonds is 4. The Bertz CT molecular complexity index is 612. The fourth-order valence-corrected chi connectivity index (χ4v) is 2.04. The summed E-state index contributed by atoms with van der Waals surface area (Å²) in [4.78, 5) is 0. The van der Waals surface area contributed by atoms with Gasteiger partial charge in [0.1, 0.15) is 0 Å². The van der Waals surface area contributed by atoms with Crippen LogP contribution >= 0.6 is 0 Å². The van der Waals surface area contributed by atoms with E-state index in [0.29, 0.717) is 17.8 Å². The van der Waals surface area contributed by atoms with Crippen molar-refractivity contribution in [1.82, 2.24) is 0 Å². The van der Waals surface area contributed by atoms with Gasteiger partial charge < -0.3 is 11.1 Å². The molecule has 0 unspecified atom stereocenters. The second kappa shape index (κ2) is 5.92. The molecule has 0 atom stereocenters. The maximum Gasteiger partial charge on any atom is 0.0992 e. The average Bonchev–Trinajstić information content (AvgIpc) is 2.46. The number of aryl methyl sites for hydroxylation is 1. The Morgan fingerprint density at radius 1 is 1.16 bits per heavy atom. The van der Waals surface area contributed by atoms with Crippen LogP contribution < -0.4 is 11.1 Å². The van der Waals surface area contributed by atoms with Crippen molar-refractivity contribution >= 4 is 11.4 Å². The van der Waals surface area contributed by atoms with Gasteiger partial charge in [0.25, 0.3) is 0 Å². The molecular weight excluding hydrogens is 234 g/mol. The molecule has 0 aliphatic rings. The van der Waals surface area contributed by atoms with Crippen LogP contribution in [0.4, 0.5) is 11.4 Å². The van der Waals surface area contributed by atoms with Gasteiger partial charge in [0.05, 0.1) is 23.0 Å². The van der Waals surface area contributed by atoms with Crippen LogP contribution in [-0.2, 0) is 13.0 Å². The number of nitrogen functional groups attached to an aromatic ring is 1. The van der Waals surface area contributed by atoms with Crippen LogP contribution in [-0.4, -0.2) is 0 Å². The Kier molecular flexibility index (Phi) is 4.04. The highest BCUT2D eigenvalue weighted by Gasteiger charge is 2.03. The monoisotopic (exact) mass is 251 g/mol. The number of nitrogens with one attached hydrogen (secondary N) is 1. The zero-order chi connectivity index (χ0) is 13.7. The van der Waals surface area contributed by atoms with E-state index in [0.717, 1.165) is 12.1 Å². The van der Waals surface area contributed by atoms with Gasteiger partial charge in [-0.1, -0.05) is 31.2 Å². The predicted molar refractivity (Wildman–Crippen MR) is 78.7 cm³/mol. The quantitative estimate of drug-likeness (QED) is 0.819. The topological polar surface area (TPSA) is 61.8 Å². The molecule has 0 saturated carbocycles. The summed E-state index contributed by atoms with van der Waals surface area (Å²) >= 11 is 0. The van der Waals surface area contributed by atoms with E-state index in [9.17, 15) is 0 Å². The zero-order valence-electron chi connectivity index (χ0n) is 11.0. The highest BCUT2D eigenvalue weighted by Crippen LogP contribution is 2.21. The number of nitrogens with two attached hydrogens (primary N) is 1. The molecule has 2 aromatic rings. The number of anilines is 2. The minimum Gasteiger partial charge on any atom is -0.397 e. The van der Waals surface area contributed by atoms with Gasteiger partial charge in [0.15, 0.2) is 0 Å². The normalized spacial score (nSPS) is 9.89. The van der Waals surface area contributed by atoms with Crippen molar-refractivity contribution in [3.63, 3.8) is 0 Å². The molecule has 0 saturated heterocycles. The van der Waals surface area contributed by atoms with E-state index in [1.807, 2.05) is 12.1 Å². The third-order valence-electron chi connectivity index (χ3n) is 3.15. The molecule has 0 spiro atoms. The molecule has 0 aliphatic heterocycles. The Balaban J connectivity index is 2.17. The van der Waals surface area contributed by atoms with Crippen molar-refractivity contribution in [3.05, 3.63) is 59.2 Å². The van der Waals surface area contributed by atoms with Crippen molar-refractivity contribution in [2.24, 2.45) is 0 Å². The second-order valence-electron chi connectivity index (χ2n) is 4.39. The Morgan fingerprint density at radius 3 is 2.58 bits per heavy atom. The van der Waals surface area contributed by atoms with E-state index in [2.05, 4.69) is 30.4 Å². The Morgan fingerprint density at radius 2 is 1.89 bits per heavy atom. The van der Waals surface area contributed by atoms with Gasteiger partial charge in [-0.2, -0.15) is 5.26 Å². The minimum absolute atomic E-state index is 0.612. The van der Waals surface area contributed by atoms with E-state index in [-0.39, 0.29) is 0 Å². The van der Waals surface area contributed by atoms with Crippen molar-refractivity contribution in [2.45, 2.75) is 19.9 Å². The molecule has 0 fully saturated rings. The molecule has 3 heteroatoms. The number of hydrogen-bond acceptors (Lipinski definition) is 3. The first kappa shape index (κ1) is 13.0. The fourth-order valence-electron chi connectivity index (χ4n) is 2.04. The smallest absolute Gasteiger partial charge is 0.0992 e. The molecule has 0 aromatic heterocycles. The summed E-state index contributed by atoms with van der Waals surface area (Å²) in [5, 5.41) is 12.2. The highest BCUT2D eigenvalue weighted by molar-refractivity contribution is 5.68. The van der Waals surface area contributed by atoms with Gasteiger partial charge in [-0.15, -0.1) is 0 Å². The molecule has 3 nitrogen and oxygen atoms in total. The molecule has 0 heterocycles. The summed E-state index contributed by atoms with van der Waals surface area (Å²) in [5.74, 6) is 0. The van der Waals surface area contributed by atoms with Gasteiger partial charge in [-0.05, 0) is 35.7 Å². The van der Waals surface area contributed by atoms with Crippen LogP contribution in [0.3, 0.4) is 0 Å². The lowest BCUT2D eigenvalue weighted by Crippen LogP contribution is -2.05. The molecular formula is C16H17N3. The number of nitriles is 1. The summed E-state index contributed by atoms with van der Waals surface area (Å²) in [6.45, 7) is 2.85. The molecule has 0 aliphatic carbocycles. The van der Waals surface area contributed by atoms with Crippen LogP contribution in [0.5, 0.6) is 0 Å². The summed E-state index contributed by atoms with van der Waals surface area (Å²) in [5.41, 5.74) is 10.6. The maximum absolute atomic E-state index is 8.90. The van der Waals surface area contributed by atoms with Crippen LogP contribution in [0, 0.1) is 11.3 Å². The highest BCUT2D eigenvalue weighted by atomic mass is 14.9. The van der Waals surface area contributed by atoms with E-state index < -0.39 is 0 Å². The van der Waals surface area contributed by atoms with Crippen molar-refractivity contribution in [1.29, 1.82) is 5.26 Å². The standard InChI is InChI=1S/C16H17N3/c1-2-13-5-3-4-6-14(13)11-19-16-9-12(10-17)7-8-15(16)18/h3-9,19H,2,11,18H2,1H3. The van der Waals surface area contributed by atoms with Gasteiger partial charge in [0.2, 0.25) is 0 Å². The largest absolute Gasteiger partial charge is 0.397 e. The predicted octanol–water partition coefficient (Wildman–Crippen LogP) is 3.31. The van der Waals surface area contributed by atoms with E-state index in [1.54, 1.807) is 18.2 Å². The first-order valence-corrected chi connectivity index (χ1v) is 6.35. The average molecular weight is 251 g/mol. The SMILES string of the molecule is CCc1ccccc1CNc1cc(C#N)ccc1N. The molecule has 0 amide bonds. The summed E-state index contributed by atoms with van der Waals surface area (Å²) < 4.78 is 0. The van der Waals surface area contributed by atoms with Gasteiger partial charge in [0, 0.05) is 6.54 Å². The lowest BCUT2D eigenvalue weighted by molar-refractivity contribution is 1.04. The first-order chi connectivity index (χ1) is 9.24. The van der Waals surface area contributed by atoms with E-state index >= 15 is 0 Å². The maximum atomic E-state index is 8.90. The van der Waals surface area contributed by atoms with Crippen LogP contribution in [0.2, 0.25) is 0 Å². The molecule has 96 valence electrons. The van der Waals surface area contributed by atoms with Crippen LogP contribution in [0.15, 0.2) is 42.5 Å². The van der Waals surface area contributed by atoms with Crippen LogP contribution in [0.25, 0.3) is 0 Å². The van der Waals surface area contributed by atoms with Crippen molar-refractivity contribution in [3.8, 4) is 6.07 Å². The molecule has 3 N–H and O–H groups in total. The number of hydrogen-bond donors (Lipinski definition) is 2. The van der Waals surface area contributed by atoms with Crippen molar-refractivity contribution < 1.29 is 0 Å².